The third-order valence-corrected chi connectivity index (χ3v) is 2.27. The summed E-state index contributed by atoms with van der Waals surface area (Å²) in [4.78, 5) is 0. The summed E-state index contributed by atoms with van der Waals surface area (Å²) in [6.07, 6.45) is -10.6. The Kier molecular flexibility index (Phi) is 6.95. The fourth-order valence-electron chi connectivity index (χ4n) is 1.11. The minimum absolute atomic E-state index is 0.344. The molecule has 0 saturated heterocycles. The van der Waals surface area contributed by atoms with E-state index in [0.29, 0.717) is 0 Å². The van der Waals surface area contributed by atoms with Crippen LogP contribution < -0.4 is 5.73 Å². The van der Waals surface area contributed by atoms with Crippen LogP contribution >= 0.6 is 0 Å². The van der Waals surface area contributed by atoms with Crippen LogP contribution in [-0.2, 0) is 0 Å². The molecule has 0 heterocycles. The number of rotatable bonds is 7. The van der Waals surface area contributed by atoms with E-state index in [1.807, 2.05) is 0 Å². The molecule has 98 valence electrons. The lowest BCUT2D eigenvalue weighted by atomic mass is 9.96. The average molecular weight is 241 g/mol. The molecule has 0 saturated carbocycles. The van der Waals surface area contributed by atoms with E-state index in [1.165, 1.54) is 0 Å². The predicted octanol–water partition coefficient (Wildman–Crippen LogP) is -4.90. The molecule has 0 aromatic rings. The fourth-order valence-corrected chi connectivity index (χ4v) is 1.11. The van der Waals surface area contributed by atoms with Gasteiger partial charge in [0.05, 0.1) is 12.7 Å². The summed E-state index contributed by atoms with van der Waals surface area (Å²) in [6, 6.07) is 0. The van der Waals surface area contributed by atoms with Gasteiger partial charge in [0, 0.05) is 6.54 Å². The first-order chi connectivity index (χ1) is 7.36. The highest BCUT2D eigenvalue weighted by Gasteiger charge is 2.36. The summed E-state index contributed by atoms with van der Waals surface area (Å²) in [5.74, 6) is 0. The first-order valence-corrected chi connectivity index (χ1v) is 4.76. The Bertz CT molecular complexity index is 173. The molecule has 6 atom stereocenters. The zero-order valence-corrected chi connectivity index (χ0v) is 8.59. The number of nitrogens with two attached hydrogens (primary N) is 1. The molecule has 0 aliphatic rings. The number of aliphatic hydroxyl groups excluding tert-OH is 7. The van der Waals surface area contributed by atoms with Gasteiger partial charge in [0.1, 0.15) is 30.5 Å². The summed E-state index contributed by atoms with van der Waals surface area (Å²) < 4.78 is 0. The fraction of sp³-hybridized carbons (Fsp3) is 1.00. The van der Waals surface area contributed by atoms with E-state index >= 15 is 0 Å². The molecule has 0 fully saturated rings. The molecule has 0 rings (SSSR count). The molecule has 0 bridgehead atoms. The molecule has 8 nitrogen and oxygen atoms in total. The van der Waals surface area contributed by atoms with Crippen molar-refractivity contribution in [2.24, 2.45) is 5.73 Å². The lowest BCUT2D eigenvalue weighted by molar-refractivity contribution is -0.156. The highest BCUT2D eigenvalue weighted by molar-refractivity contribution is 4.87. The lowest BCUT2D eigenvalue weighted by Gasteiger charge is -2.30. The Labute approximate surface area is 92.2 Å². The van der Waals surface area contributed by atoms with E-state index in [2.05, 4.69) is 0 Å². The van der Waals surface area contributed by atoms with Gasteiger partial charge in [-0.15, -0.1) is 0 Å². The molecular weight excluding hydrogens is 222 g/mol. The van der Waals surface area contributed by atoms with Crippen LogP contribution in [-0.4, -0.2) is 85.5 Å². The van der Waals surface area contributed by atoms with Crippen molar-refractivity contribution in [1.82, 2.24) is 0 Å². The van der Waals surface area contributed by atoms with Gasteiger partial charge in [-0.2, -0.15) is 0 Å². The Hall–Kier alpha value is -0.320. The molecule has 0 amide bonds. The van der Waals surface area contributed by atoms with Gasteiger partial charge >= 0.3 is 0 Å². The normalized spacial score (nSPS) is 23.2. The van der Waals surface area contributed by atoms with Gasteiger partial charge in [-0.1, -0.05) is 0 Å². The Morgan fingerprint density at radius 2 is 1.06 bits per heavy atom. The standard InChI is InChI=1S/C8H19NO7/c9-1-3(11)5(13)7(15)8(16)6(14)4(12)2-10/h3-8,10-16H,1-2,9H2/t3-,4+,5-,6+,7-,8+/m0/s1. The summed E-state index contributed by atoms with van der Waals surface area (Å²) in [5, 5.41) is 63.7. The Balaban J connectivity index is 4.41. The van der Waals surface area contributed by atoms with E-state index in [-0.39, 0.29) is 6.54 Å². The first kappa shape index (κ1) is 15.7. The van der Waals surface area contributed by atoms with E-state index < -0.39 is 43.2 Å². The molecule has 0 aromatic heterocycles. The smallest absolute Gasteiger partial charge is 0.111 e. The summed E-state index contributed by atoms with van der Waals surface area (Å²) in [5.41, 5.74) is 5.02. The minimum Gasteiger partial charge on any atom is -0.394 e. The summed E-state index contributed by atoms with van der Waals surface area (Å²) >= 11 is 0. The highest BCUT2D eigenvalue weighted by Crippen LogP contribution is 2.10. The van der Waals surface area contributed by atoms with Crippen LogP contribution in [0.3, 0.4) is 0 Å². The molecule has 0 spiro atoms. The van der Waals surface area contributed by atoms with Gasteiger partial charge < -0.3 is 41.5 Å². The van der Waals surface area contributed by atoms with Crippen molar-refractivity contribution < 1.29 is 35.7 Å². The molecule has 0 aliphatic carbocycles. The van der Waals surface area contributed by atoms with Crippen LogP contribution in [0.1, 0.15) is 0 Å². The average Bonchev–Trinajstić information content (AvgIpc) is 2.32. The Morgan fingerprint density at radius 1 is 0.688 bits per heavy atom. The van der Waals surface area contributed by atoms with Gasteiger partial charge in [0.15, 0.2) is 0 Å². The molecule has 0 aromatic carbocycles. The van der Waals surface area contributed by atoms with E-state index in [9.17, 15) is 20.4 Å². The van der Waals surface area contributed by atoms with Crippen molar-refractivity contribution in [2.75, 3.05) is 13.2 Å². The zero-order valence-electron chi connectivity index (χ0n) is 8.59. The zero-order chi connectivity index (χ0) is 12.9. The van der Waals surface area contributed by atoms with Crippen molar-refractivity contribution in [2.45, 2.75) is 36.6 Å². The monoisotopic (exact) mass is 241 g/mol. The largest absolute Gasteiger partial charge is 0.394 e. The number of hydrogen-bond acceptors (Lipinski definition) is 8. The number of aliphatic hydroxyl groups is 7. The molecule has 9 N–H and O–H groups in total. The van der Waals surface area contributed by atoms with Gasteiger partial charge in [0.2, 0.25) is 0 Å². The molecule has 0 radical (unpaired) electrons. The second-order valence-corrected chi connectivity index (χ2v) is 3.52. The molecule has 8 heteroatoms. The van der Waals surface area contributed by atoms with Crippen LogP contribution in [0.2, 0.25) is 0 Å². The third-order valence-electron chi connectivity index (χ3n) is 2.27. The van der Waals surface area contributed by atoms with Gasteiger partial charge in [-0.3, -0.25) is 0 Å². The van der Waals surface area contributed by atoms with Crippen molar-refractivity contribution >= 4 is 0 Å². The Morgan fingerprint density at radius 3 is 1.38 bits per heavy atom. The molecular formula is C8H19NO7. The predicted molar refractivity (Wildman–Crippen MR) is 52.2 cm³/mol. The van der Waals surface area contributed by atoms with Crippen LogP contribution in [0.5, 0.6) is 0 Å². The van der Waals surface area contributed by atoms with Crippen LogP contribution in [0.25, 0.3) is 0 Å². The molecule has 0 aliphatic heterocycles. The van der Waals surface area contributed by atoms with E-state index in [0.717, 1.165) is 0 Å². The number of hydrogen-bond donors (Lipinski definition) is 8. The van der Waals surface area contributed by atoms with E-state index in [1.54, 1.807) is 0 Å². The molecule has 0 unspecified atom stereocenters. The van der Waals surface area contributed by atoms with Crippen LogP contribution in [0, 0.1) is 0 Å². The minimum atomic E-state index is -1.92. The maximum absolute atomic E-state index is 9.33. The van der Waals surface area contributed by atoms with Crippen LogP contribution in [0.4, 0.5) is 0 Å². The quantitative estimate of drug-likeness (QED) is 0.219. The van der Waals surface area contributed by atoms with Crippen molar-refractivity contribution in [1.29, 1.82) is 0 Å². The first-order valence-electron chi connectivity index (χ1n) is 4.76. The third kappa shape index (κ3) is 3.92. The van der Waals surface area contributed by atoms with Crippen LogP contribution in [0.15, 0.2) is 0 Å². The summed E-state index contributed by atoms with van der Waals surface area (Å²) in [6.45, 7) is -1.16. The maximum atomic E-state index is 9.33. The highest BCUT2D eigenvalue weighted by atomic mass is 16.4. The molecule has 16 heavy (non-hydrogen) atoms. The van der Waals surface area contributed by atoms with Crippen molar-refractivity contribution in [3.63, 3.8) is 0 Å². The maximum Gasteiger partial charge on any atom is 0.111 e. The topological polar surface area (TPSA) is 168 Å². The van der Waals surface area contributed by atoms with Crippen molar-refractivity contribution in [3.05, 3.63) is 0 Å². The van der Waals surface area contributed by atoms with Gasteiger partial charge in [-0.25, -0.2) is 0 Å². The summed E-state index contributed by atoms with van der Waals surface area (Å²) in [7, 11) is 0. The lowest BCUT2D eigenvalue weighted by Crippen LogP contribution is -2.53. The SMILES string of the molecule is NC[C@H](O)[C@H](O)[C@H](O)[C@H](O)[C@H](O)[C@H](O)CO. The second-order valence-electron chi connectivity index (χ2n) is 3.52. The second kappa shape index (κ2) is 7.09. The van der Waals surface area contributed by atoms with E-state index in [4.69, 9.17) is 21.1 Å². The van der Waals surface area contributed by atoms with Crippen molar-refractivity contribution in [3.8, 4) is 0 Å². The van der Waals surface area contributed by atoms with Gasteiger partial charge in [-0.05, 0) is 0 Å². The van der Waals surface area contributed by atoms with Gasteiger partial charge in [0.25, 0.3) is 0 Å².